The largest absolute Gasteiger partial charge is 0.465 e. The molecule has 0 radical (unpaired) electrons. The minimum atomic E-state index is -3.58. The second-order valence-corrected chi connectivity index (χ2v) is 6.27. The standard InChI is InChI=1S/C13H17NO5S/c1-18-13(15)10-4-6-12(7-5-10)20(16,17)14-9-11-3-2-8-19-11/h4-7,11,14H,2-3,8-9H2,1H3. The molecule has 0 bridgehead atoms. The Morgan fingerprint density at radius 3 is 2.65 bits per heavy atom. The molecule has 0 aliphatic carbocycles. The van der Waals surface area contributed by atoms with Crippen LogP contribution < -0.4 is 4.72 Å². The van der Waals surface area contributed by atoms with Gasteiger partial charge in [-0.15, -0.1) is 0 Å². The van der Waals surface area contributed by atoms with Crippen LogP contribution in [0.4, 0.5) is 0 Å². The van der Waals surface area contributed by atoms with Gasteiger partial charge in [0, 0.05) is 13.2 Å². The number of hydrogen-bond donors (Lipinski definition) is 1. The molecule has 1 N–H and O–H groups in total. The smallest absolute Gasteiger partial charge is 0.337 e. The third-order valence-electron chi connectivity index (χ3n) is 3.11. The molecule has 0 spiro atoms. The van der Waals surface area contributed by atoms with Crippen molar-refractivity contribution >= 4 is 16.0 Å². The molecule has 1 atom stereocenters. The molecule has 0 saturated carbocycles. The summed E-state index contributed by atoms with van der Waals surface area (Å²) >= 11 is 0. The number of carbonyl (C=O) groups is 1. The lowest BCUT2D eigenvalue weighted by Gasteiger charge is -2.11. The summed E-state index contributed by atoms with van der Waals surface area (Å²) in [6.07, 6.45) is 1.77. The van der Waals surface area contributed by atoms with E-state index in [1.807, 2.05) is 0 Å². The zero-order chi connectivity index (χ0) is 14.6. The molecule has 1 aliphatic rings. The van der Waals surface area contributed by atoms with Gasteiger partial charge in [0.1, 0.15) is 0 Å². The van der Waals surface area contributed by atoms with E-state index in [0.717, 1.165) is 12.8 Å². The van der Waals surface area contributed by atoms with Crippen LogP contribution in [0.2, 0.25) is 0 Å². The topological polar surface area (TPSA) is 81.7 Å². The molecule has 110 valence electrons. The van der Waals surface area contributed by atoms with Gasteiger partial charge >= 0.3 is 5.97 Å². The Balaban J connectivity index is 2.03. The lowest BCUT2D eigenvalue weighted by molar-refractivity contribution is 0.0600. The van der Waals surface area contributed by atoms with E-state index in [9.17, 15) is 13.2 Å². The number of ether oxygens (including phenoxy) is 2. The van der Waals surface area contributed by atoms with Gasteiger partial charge in [-0.05, 0) is 37.1 Å². The normalized spacial score (nSPS) is 18.9. The van der Waals surface area contributed by atoms with Gasteiger partial charge in [-0.3, -0.25) is 0 Å². The number of carbonyl (C=O) groups excluding carboxylic acids is 1. The predicted octanol–water partition coefficient (Wildman–Crippen LogP) is 0.930. The van der Waals surface area contributed by atoms with Crippen molar-refractivity contribution in [2.24, 2.45) is 0 Å². The molecule has 1 unspecified atom stereocenters. The highest BCUT2D eigenvalue weighted by Crippen LogP contribution is 2.14. The van der Waals surface area contributed by atoms with Crippen molar-refractivity contribution in [2.75, 3.05) is 20.3 Å². The molecule has 2 rings (SSSR count). The van der Waals surface area contributed by atoms with Crippen LogP contribution in [0, 0.1) is 0 Å². The molecule has 0 aromatic heterocycles. The second-order valence-electron chi connectivity index (χ2n) is 4.50. The summed E-state index contributed by atoms with van der Waals surface area (Å²) in [7, 11) is -2.31. The summed E-state index contributed by atoms with van der Waals surface area (Å²) in [5.74, 6) is -0.499. The Morgan fingerprint density at radius 2 is 2.10 bits per heavy atom. The summed E-state index contributed by atoms with van der Waals surface area (Å²) in [6.45, 7) is 0.946. The van der Waals surface area contributed by atoms with Crippen molar-refractivity contribution < 1.29 is 22.7 Å². The quantitative estimate of drug-likeness (QED) is 0.818. The Hall–Kier alpha value is -1.44. The molecule has 0 amide bonds. The molecule has 1 saturated heterocycles. The molecule has 20 heavy (non-hydrogen) atoms. The SMILES string of the molecule is COC(=O)c1ccc(S(=O)(=O)NCC2CCCO2)cc1. The molecule has 1 fully saturated rings. The van der Waals surface area contributed by atoms with Gasteiger partial charge in [0.15, 0.2) is 0 Å². The number of sulfonamides is 1. The highest BCUT2D eigenvalue weighted by atomic mass is 32.2. The highest BCUT2D eigenvalue weighted by molar-refractivity contribution is 7.89. The predicted molar refractivity (Wildman–Crippen MR) is 71.9 cm³/mol. The molecular formula is C13H17NO5S. The summed E-state index contributed by atoms with van der Waals surface area (Å²) in [6, 6.07) is 5.60. The van der Waals surface area contributed by atoms with Crippen LogP contribution >= 0.6 is 0 Å². The number of benzene rings is 1. The fourth-order valence-electron chi connectivity index (χ4n) is 1.98. The summed E-state index contributed by atoms with van der Waals surface area (Å²) in [5.41, 5.74) is 0.311. The Kier molecular flexibility index (Phi) is 4.74. The third-order valence-corrected chi connectivity index (χ3v) is 4.55. The van der Waals surface area contributed by atoms with Crippen molar-refractivity contribution in [3.8, 4) is 0 Å². The summed E-state index contributed by atoms with van der Waals surface area (Å²) in [4.78, 5) is 11.4. The van der Waals surface area contributed by atoms with E-state index in [1.54, 1.807) is 0 Å². The van der Waals surface area contributed by atoms with Gasteiger partial charge in [-0.25, -0.2) is 17.9 Å². The third kappa shape index (κ3) is 3.56. The lowest BCUT2D eigenvalue weighted by Crippen LogP contribution is -2.31. The van der Waals surface area contributed by atoms with E-state index in [2.05, 4.69) is 9.46 Å². The van der Waals surface area contributed by atoms with Crippen molar-refractivity contribution in [3.05, 3.63) is 29.8 Å². The zero-order valence-electron chi connectivity index (χ0n) is 11.2. The molecular weight excluding hydrogens is 282 g/mol. The number of nitrogens with one attached hydrogen (secondary N) is 1. The molecule has 1 aromatic carbocycles. The minimum Gasteiger partial charge on any atom is -0.465 e. The van der Waals surface area contributed by atoms with Crippen molar-refractivity contribution in [1.82, 2.24) is 4.72 Å². The van der Waals surface area contributed by atoms with Gasteiger partial charge < -0.3 is 9.47 Å². The maximum Gasteiger partial charge on any atom is 0.337 e. The first-order chi connectivity index (χ1) is 9.53. The van der Waals surface area contributed by atoms with E-state index in [1.165, 1.54) is 31.4 Å². The van der Waals surface area contributed by atoms with E-state index in [-0.39, 0.29) is 17.5 Å². The molecule has 1 aromatic rings. The Labute approximate surface area is 118 Å². The maximum absolute atomic E-state index is 12.1. The molecule has 1 heterocycles. The van der Waals surface area contributed by atoms with Crippen LogP contribution in [0.15, 0.2) is 29.2 Å². The Morgan fingerprint density at radius 1 is 1.40 bits per heavy atom. The number of rotatable bonds is 5. The Bertz CT molecular complexity index is 561. The average molecular weight is 299 g/mol. The second kappa shape index (κ2) is 6.34. The van der Waals surface area contributed by atoms with E-state index in [4.69, 9.17) is 4.74 Å². The van der Waals surface area contributed by atoms with Crippen molar-refractivity contribution in [1.29, 1.82) is 0 Å². The number of hydrogen-bond acceptors (Lipinski definition) is 5. The first-order valence-electron chi connectivity index (χ1n) is 6.32. The summed E-state index contributed by atoms with van der Waals surface area (Å²) in [5, 5.41) is 0. The van der Waals surface area contributed by atoms with E-state index < -0.39 is 16.0 Å². The van der Waals surface area contributed by atoms with Gasteiger partial charge in [-0.1, -0.05) is 0 Å². The van der Waals surface area contributed by atoms with Gasteiger partial charge in [0.2, 0.25) is 10.0 Å². The fraction of sp³-hybridized carbons (Fsp3) is 0.462. The monoisotopic (exact) mass is 299 g/mol. The van der Waals surface area contributed by atoms with E-state index >= 15 is 0 Å². The van der Waals surface area contributed by atoms with Crippen LogP contribution in [0.5, 0.6) is 0 Å². The number of esters is 1. The van der Waals surface area contributed by atoms with Crippen LogP contribution in [0.25, 0.3) is 0 Å². The molecule has 1 aliphatic heterocycles. The van der Waals surface area contributed by atoms with Gasteiger partial charge in [-0.2, -0.15) is 0 Å². The first-order valence-corrected chi connectivity index (χ1v) is 7.81. The van der Waals surface area contributed by atoms with Gasteiger partial charge in [0.25, 0.3) is 0 Å². The van der Waals surface area contributed by atoms with Crippen molar-refractivity contribution in [3.63, 3.8) is 0 Å². The average Bonchev–Trinajstić information content (AvgIpc) is 2.98. The minimum absolute atomic E-state index is 0.0564. The first kappa shape index (κ1) is 15.0. The summed E-state index contributed by atoms with van der Waals surface area (Å²) < 4.78 is 36.5. The molecule has 7 heteroatoms. The van der Waals surface area contributed by atoms with Crippen LogP contribution in [-0.4, -0.2) is 40.8 Å². The molecule has 6 nitrogen and oxygen atoms in total. The van der Waals surface area contributed by atoms with E-state index in [0.29, 0.717) is 12.2 Å². The zero-order valence-corrected chi connectivity index (χ0v) is 12.0. The lowest BCUT2D eigenvalue weighted by atomic mass is 10.2. The fourth-order valence-corrected chi connectivity index (χ4v) is 3.05. The van der Waals surface area contributed by atoms with Crippen LogP contribution in [0.1, 0.15) is 23.2 Å². The van der Waals surface area contributed by atoms with Crippen LogP contribution in [-0.2, 0) is 19.5 Å². The van der Waals surface area contributed by atoms with Crippen LogP contribution in [0.3, 0.4) is 0 Å². The number of methoxy groups -OCH3 is 1. The maximum atomic E-state index is 12.1. The van der Waals surface area contributed by atoms with Crippen molar-refractivity contribution in [2.45, 2.75) is 23.8 Å². The van der Waals surface area contributed by atoms with Gasteiger partial charge in [0.05, 0.1) is 23.7 Å². The highest BCUT2D eigenvalue weighted by Gasteiger charge is 2.20.